The molecule has 0 aliphatic heterocycles. The minimum atomic E-state index is -0.454. The van der Waals surface area contributed by atoms with Gasteiger partial charge >= 0.3 is 6.03 Å². The maximum Gasteiger partial charge on any atom is 0.323 e. The van der Waals surface area contributed by atoms with Crippen LogP contribution in [0.2, 0.25) is 0 Å². The molecule has 206 valence electrons. The summed E-state index contributed by atoms with van der Waals surface area (Å²) >= 11 is 0. The van der Waals surface area contributed by atoms with Crippen LogP contribution in [-0.4, -0.2) is 32.6 Å². The Morgan fingerprint density at radius 1 is 0.700 bits per heavy atom. The molecule has 0 aliphatic carbocycles. The molecule has 0 aromatic heterocycles. The first-order valence-electron chi connectivity index (χ1n) is 13.2. The van der Waals surface area contributed by atoms with Crippen LogP contribution in [0.25, 0.3) is 0 Å². The summed E-state index contributed by atoms with van der Waals surface area (Å²) in [6.45, 7) is 2.22. The minimum absolute atomic E-state index is 0.0679. The highest BCUT2D eigenvalue weighted by atomic mass is 16.5. The molecule has 0 radical (unpaired) electrons. The van der Waals surface area contributed by atoms with Gasteiger partial charge in [-0.15, -0.1) is 0 Å². The van der Waals surface area contributed by atoms with E-state index >= 15 is 0 Å². The Bertz CT molecular complexity index is 1380. The Labute approximate surface area is 235 Å². The number of amides is 2. The zero-order valence-electron chi connectivity index (χ0n) is 23.0. The molecule has 0 atom stereocenters. The van der Waals surface area contributed by atoms with Gasteiger partial charge in [0.25, 0.3) is 0 Å². The fourth-order valence-electron chi connectivity index (χ4n) is 4.53. The van der Waals surface area contributed by atoms with E-state index in [1.165, 1.54) is 18.2 Å². The predicted octanol–water partition coefficient (Wildman–Crippen LogP) is 7.54. The van der Waals surface area contributed by atoms with E-state index in [0.29, 0.717) is 47.2 Å². The summed E-state index contributed by atoms with van der Waals surface area (Å²) in [5.74, 6) is 1.65. The van der Waals surface area contributed by atoms with Crippen molar-refractivity contribution >= 4 is 23.2 Å². The van der Waals surface area contributed by atoms with Crippen LogP contribution in [0.4, 0.5) is 16.2 Å². The smallest absolute Gasteiger partial charge is 0.323 e. The van der Waals surface area contributed by atoms with Crippen LogP contribution in [-0.2, 0) is 0 Å². The third-order valence-electron chi connectivity index (χ3n) is 6.57. The van der Waals surface area contributed by atoms with Crippen LogP contribution in [0, 0.1) is 0 Å². The number of hydrogen-bond donors (Lipinski definition) is 2. The molecule has 0 unspecified atom stereocenters. The summed E-state index contributed by atoms with van der Waals surface area (Å²) in [4.78, 5) is 25.5. The van der Waals surface area contributed by atoms with E-state index in [4.69, 9.17) is 14.2 Å². The topological polar surface area (TPSA) is 85.9 Å². The standard InChI is InChI=1S/C33H34N2O5/c1-4-29(36)28-21-25(34-33(37)35-26-16-18-31(38-2)32(22-26)39-3)15-17-30(28)40-20-19-27(23-11-7-5-8-12-23)24-13-9-6-10-14-24/h5-18,21-22,27H,4,19-20H2,1-3H3,(H2,34,35,37). The van der Waals surface area contributed by atoms with Crippen LogP contribution >= 0.6 is 0 Å². The van der Waals surface area contributed by atoms with Crippen molar-refractivity contribution in [3.05, 3.63) is 114 Å². The lowest BCUT2D eigenvalue weighted by Crippen LogP contribution is -2.19. The summed E-state index contributed by atoms with van der Waals surface area (Å²) in [6, 6.07) is 30.4. The van der Waals surface area contributed by atoms with Crippen LogP contribution in [0.1, 0.15) is 47.2 Å². The second-order valence-corrected chi connectivity index (χ2v) is 9.15. The molecule has 0 aliphatic rings. The number of ketones is 1. The summed E-state index contributed by atoms with van der Waals surface area (Å²) in [5.41, 5.74) is 3.87. The fourth-order valence-corrected chi connectivity index (χ4v) is 4.53. The second-order valence-electron chi connectivity index (χ2n) is 9.15. The highest BCUT2D eigenvalue weighted by Gasteiger charge is 2.17. The summed E-state index contributed by atoms with van der Waals surface area (Å²) in [5, 5.41) is 5.56. The zero-order chi connectivity index (χ0) is 28.3. The number of carbonyl (C=O) groups is 2. The summed E-state index contributed by atoms with van der Waals surface area (Å²) < 4.78 is 16.7. The van der Waals surface area contributed by atoms with E-state index in [0.717, 1.165) is 6.42 Å². The van der Waals surface area contributed by atoms with Crippen molar-refractivity contribution < 1.29 is 23.8 Å². The molecule has 4 aromatic carbocycles. The third kappa shape index (κ3) is 7.20. The van der Waals surface area contributed by atoms with Crippen LogP contribution in [0.15, 0.2) is 97.1 Å². The van der Waals surface area contributed by atoms with Crippen molar-refractivity contribution in [2.24, 2.45) is 0 Å². The molecule has 2 amide bonds. The van der Waals surface area contributed by atoms with E-state index in [1.807, 2.05) is 36.4 Å². The molecule has 7 nitrogen and oxygen atoms in total. The normalized spacial score (nSPS) is 10.6. The van der Waals surface area contributed by atoms with E-state index in [9.17, 15) is 9.59 Å². The van der Waals surface area contributed by atoms with Gasteiger partial charge in [0.2, 0.25) is 0 Å². The lowest BCUT2D eigenvalue weighted by atomic mass is 9.89. The van der Waals surface area contributed by atoms with Crippen molar-refractivity contribution in [1.29, 1.82) is 0 Å². The van der Waals surface area contributed by atoms with E-state index < -0.39 is 6.03 Å². The molecule has 7 heteroatoms. The van der Waals surface area contributed by atoms with Gasteiger partial charge in [-0.05, 0) is 47.9 Å². The number of ether oxygens (including phenoxy) is 3. The highest BCUT2D eigenvalue weighted by molar-refractivity contribution is 6.03. The first-order valence-corrected chi connectivity index (χ1v) is 13.2. The lowest BCUT2D eigenvalue weighted by Gasteiger charge is -2.19. The van der Waals surface area contributed by atoms with Gasteiger partial charge in [0.05, 0.1) is 26.4 Å². The summed E-state index contributed by atoms with van der Waals surface area (Å²) in [7, 11) is 3.08. The Morgan fingerprint density at radius 3 is 1.80 bits per heavy atom. The van der Waals surface area contributed by atoms with Crippen molar-refractivity contribution in [3.63, 3.8) is 0 Å². The Balaban J connectivity index is 1.45. The maximum absolute atomic E-state index is 12.8. The van der Waals surface area contributed by atoms with Crippen molar-refractivity contribution in [3.8, 4) is 17.2 Å². The number of methoxy groups -OCH3 is 2. The number of carbonyl (C=O) groups excluding carboxylic acids is 2. The first-order chi connectivity index (χ1) is 19.5. The Hall–Kier alpha value is -4.78. The van der Waals surface area contributed by atoms with Crippen molar-refractivity contribution in [2.75, 3.05) is 31.5 Å². The maximum atomic E-state index is 12.8. The van der Waals surface area contributed by atoms with Crippen molar-refractivity contribution in [1.82, 2.24) is 0 Å². The number of rotatable bonds is 12. The summed E-state index contributed by atoms with van der Waals surface area (Å²) in [6.07, 6.45) is 1.05. The average molecular weight is 539 g/mol. The number of urea groups is 1. The number of hydrogen-bond acceptors (Lipinski definition) is 5. The number of nitrogens with one attached hydrogen (secondary N) is 2. The monoisotopic (exact) mass is 538 g/mol. The second kappa shape index (κ2) is 13.8. The van der Waals surface area contributed by atoms with Gasteiger partial charge in [0.15, 0.2) is 17.3 Å². The van der Waals surface area contributed by atoms with Gasteiger partial charge in [-0.1, -0.05) is 67.6 Å². The van der Waals surface area contributed by atoms with Crippen LogP contribution in [0.3, 0.4) is 0 Å². The predicted molar refractivity (Wildman–Crippen MR) is 158 cm³/mol. The van der Waals surface area contributed by atoms with Gasteiger partial charge in [-0.3, -0.25) is 4.79 Å². The molecule has 0 saturated carbocycles. The molecular formula is C33H34N2O5. The molecule has 0 spiro atoms. The third-order valence-corrected chi connectivity index (χ3v) is 6.57. The van der Waals surface area contributed by atoms with E-state index in [1.54, 1.807) is 50.4 Å². The van der Waals surface area contributed by atoms with Crippen LogP contribution in [0.5, 0.6) is 17.2 Å². The largest absolute Gasteiger partial charge is 0.493 e. The Kier molecular flexibility index (Phi) is 9.77. The van der Waals surface area contributed by atoms with Gasteiger partial charge < -0.3 is 24.8 Å². The highest BCUT2D eigenvalue weighted by Crippen LogP contribution is 2.31. The van der Waals surface area contributed by atoms with Crippen molar-refractivity contribution in [2.45, 2.75) is 25.7 Å². The first kappa shape index (κ1) is 28.2. The lowest BCUT2D eigenvalue weighted by molar-refractivity contribution is 0.0984. The van der Waals surface area contributed by atoms with Crippen LogP contribution < -0.4 is 24.8 Å². The van der Waals surface area contributed by atoms with Gasteiger partial charge in [0, 0.05) is 29.8 Å². The number of benzene rings is 4. The van der Waals surface area contributed by atoms with Gasteiger partial charge in [-0.25, -0.2) is 4.79 Å². The molecule has 2 N–H and O–H groups in total. The SMILES string of the molecule is CCC(=O)c1cc(NC(=O)Nc2ccc(OC)c(OC)c2)ccc1OCCC(c1ccccc1)c1ccccc1. The molecule has 0 heterocycles. The molecular weight excluding hydrogens is 504 g/mol. The molecule has 0 saturated heterocycles. The quantitative estimate of drug-likeness (QED) is 0.182. The number of anilines is 2. The number of Topliss-reactive ketones (excluding diaryl/α,β-unsaturated/α-hetero) is 1. The average Bonchev–Trinajstić information content (AvgIpc) is 3.00. The molecule has 40 heavy (non-hydrogen) atoms. The minimum Gasteiger partial charge on any atom is -0.493 e. The molecule has 4 aromatic rings. The zero-order valence-corrected chi connectivity index (χ0v) is 23.0. The molecule has 0 fully saturated rings. The Morgan fingerprint density at radius 2 is 1.25 bits per heavy atom. The van der Waals surface area contributed by atoms with Gasteiger partial charge in [0.1, 0.15) is 5.75 Å². The van der Waals surface area contributed by atoms with Gasteiger partial charge in [-0.2, -0.15) is 0 Å². The molecule has 4 rings (SSSR count). The molecule has 0 bridgehead atoms. The van der Waals surface area contributed by atoms with E-state index in [-0.39, 0.29) is 11.7 Å². The van der Waals surface area contributed by atoms with E-state index in [2.05, 4.69) is 34.9 Å². The fraction of sp³-hybridized carbons (Fsp3) is 0.212.